The Hall–Kier alpha value is -2.54. The molecule has 0 fully saturated rings. The Kier molecular flexibility index (Phi) is 4.21. The molecule has 0 aliphatic heterocycles. The monoisotopic (exact) mass is 277 g/mol. The summed E-state index contributed by atoms with van der Waals surface area (Å²) in [6, 6.07) is 7.17. The first-order valence-electron chi connectivity index (χ1n) is 5.97. The number of benzene rings is 1. The Labute approximate surface area is 115 Å². The minimum Gasteiger partial charge on any atom is -0.461 e. The summed E-state index contributed by atoms with van der Waals surface area (Å²) in [7, 11) is 0. The molecule has 0 saturated heterocycles. The second kappa shape index (κ2) is 6.07. The number of furan rings is 1. The van der Waals surface area contributed by atoms with Crippen LogP contribution in [0.2, 0.25) is 0 Å². The third kappa shape index (κ3) is 3.48. The van der Waals surface area contributed by atoms with E-state index in [1.165, 1.54) is 0 Å². The molecule has 1 amide bonds. The van der Waals surface area contributed by atoms with E-state index in [0.29, 0.717) is 5.69 Å². The van der Waals surface area contributed by atoms with Gasteiger partial charge in [-0.05, 0) is 31.2 Å². The molecule has 0 saturated carbocycles. The van der Waals surface area contributed by atoms with Crippen LogP contribution in [0, 0.1) is 6.92 Å². The number of guanidine groups is 1. The van der Waals surface area contributed by atoms with Gasteiger partial charge in [0.25, 0.3) is 0 Å². The smallest absolute Gasteiger partial charge is 0.414 e. The highest BCUT2D eigenvalue weighted by Gasteiger charge is 2.05. The number of carbonyl (C=O) groups excluding carboxylic acids is 1. The van der Waals surface area contributed by atoms with E-state index in [0.717, 1.165) is 16.7 Å². The van der Waals surface area contributed by atoms with Crippen LogP contribution in [0.15, 0.2) is 33.7 Å². The first kappa shape index (κ1) is 13.9. The van der Waals surface area contributed by atoms with Gasteiger partial charge in [0.1, 0.15) is 18.0 Å². The van der Waals surface area contributed by atoms with Crippen molar-refractivity contribution in [2.75, 3.05) is 13.2 Å². The molecule has 0 bridgehead atoms. The maximum Gasteiger partial charge on any atom is 0.414 e. The highest BCUT2D eigenvalue weighted by Crippen LogP contribution is 2.23. The number of rotatable bonds is 3. The fourth-order valence-electron chi connectivity index (χ4n) is 1.68. The van der Waals surface area contributed by atoms with Crippen LogP contribution in [0.3, 0.4) is 0 Å². The zero-order valence-electron chi connectivity index (χ0n) is 10.9. The van der Waals surface area contributed by atoms with Gasteiger partial charge in [-0.3, -0.25) is 5.32 Å². The lowest BCUT2D eigenvalue weighted by Gasteiger charge is -2.04. The summed E-state index contributed by atoms with van der Waals surface area (Å²) in [6.45, 7) is 1.51. The minimum absolute atomic E-state index is 0.0903. The average molecular weight is 277 g/mol. The van der Waals surface area contributed by atoms with Gasteiger partial charge < -0.3 is 20.0 Å². The number of hydrogen-bond donors (Lipinski definition) is 3. The van der Waals surface area contributed by atoms with Crippen LogP contribution in [-0.4, -0.2) is 30.4 Å². The van der Waals surface area contributed by atoms with Crippen LogP contribution < -0.4 is 11.1 Å². The zero-order chi connectivity index (χ0) is 14.5. The van der Waals surface area contributed by atoms with Crippen molar-refractivity contribution >= 4 is 28.7 Å². The fourth-order valence-corrected chi connectivity index (χ4v) is 1.68. The molecule has 7 heteroatoms. The topological polar surface area (TPSA) is 110 Å². The van der Waals surface area contributed by atoms with Crippen molar-refractivity contribution in [1.82, 2.24) is 5.32 Å². The molecule has 2 aromatic rings. The zero-order valence-corrected chi connectivity index (χ0v) is 10.9. The van der Waals surface area contributed by atoms with Crippen LogP contribution in [0.4, 0.5) is 10.5 Å². The van der Waals surface area contributed by atoms with Gasteiger partial charge in [0.2, 0.25) is 5.96 Å². The Bertz CT molecular complexity index is 648. The molecule has 1 heterocycles. The average Bonchev–Trinajstić information content (AvgIpc) is 2.75. The molecule has 4 N–H and O–H groups in total. The molecule has 0 aliphatic carbocycles. The number of fused-ring (bicyclic) bond motifs is 1. The molecule has 20 heavy (non-hydrogen) atoms. The van der Waals surface area contributed by atoms with Gasteiger partial charge in [-0.15, -0.1) is 0 Å². The lowest BCUT2D eigenvalue weighted by Crippen LogP contribution is -2.37. The normalized spacial score (nSPS) is 11.6. The molecule has 7 nitrogen and oxygen atoms in total. The summed E-state index contributed by atoms with van der Waals surface area (Å²) in [5, 5.41) is 11.7. The number of amides is 1. The van der Waals surface area contributed by atoms with Crippen LogP contribution >= 0.6 is 0 Å². The molecule has 0 unspecified atom stereocenters. The third-order valence-corrected chi connectivity index (χ3v) is 2.43. The van der Waals surface area contributed by atoms with E-state index in [-0.39, 0.29) is 19.2 Å². The summed E-state index contributed by atoms with van der Waals surface area (Å²) in [5.74, 6) is 0.715. The number of hydrogen-bond acceptors (Lipinski definition) is 5. The summed E-state index contributed by atoms with van der Waals surface area (Å²) < 4.78 is 10.0. The maximum absolute atomic E-state index is 11.2. The van der Waals surface area contributed by atoms with Crippen molar-refractivity contribution in [3.8, 4) is 0 Å². The number of nitrogens with two attached hydrogens (primary N) is 1. The fraction of sp³-hybridized carbons (Fsp3) is 0.231. The third-order valence-electron chi connectivity index (χ3n) is 2.43. The highest BCUT2D eigenvalue weighted by molar-refractivity contribution is 5.94. The van der Waals surface area contributed by atoms with Crippen molar-refractivity contribution in [2.45, 2.75) is 6.92 Å². The van der Waals surface area contributed by atoms with Gasteiger partial charge in [-0.2, -0.15) is 0 Å². The second-order valence-electron chi connectivity index (χ2n) is 4.06. The number of ether oxygens (including phenoxy) is 1. The van der Waals surface area contributed by atoms with Gasteiger partial charge in [0, 0.05) is 5.39 Å². The van der Waals surface area contributed by atoms with E-state index < -0.39 is 6.09 Å². The van der Waals surface area contributed by atoms with Crippen LogP contribution in [0.1, 0.15) is 5.76 Å². The van der Waals surface area contributed by atoms with E-state index in [2.05, 4.69) is 15.0 Å². The summed E-state index contributed by atoms with van der Waals surface area (Å²) in [5.41, 5.74) is 6.92. The van der Waals surface area contributed by atoms with Gasteiger partial charge in [-0.1, -0.05) is 0 Å². The Morgan fingerprint density at radius 3 is 3.05 bits per heavy atom. The number of carbonyl (C=O) groups is 1. The predicted molar refractivity (Wildman–Crippen MR) is 73.8 cm³/mol. The largest absolute Gasteiger partial charge is 0.461 e. The Morgan fingerprint density at radius 1 is 1.50 bits per heavy atom. The maximum atomic E-state index is 11.2. The number of nitrogens with zero attached hydrogens (tertiary/aromatic N) is 1. The quantitative estimate of drug-likeness (QED) is 0.580. The van der Waals surface area contributed by atoms with E-state index >= 15 is 0 Å². The van der Waals surface area contributed by atoms with Gasteiger partial charge in [0.05, 0.1) is 12.3 Å². The molecule has 2 rings (SSSR count). The van der Waals surface area contributed by atoms with Crippen molar-refractivity contribution in [1.29, 1.82) is 0 Å². The number of aliphatic hydroxyl groups is 1. The van der Waals surface area contributed by atoms with Crippen molar-refractivity contribution in [2.24, 2.45) is 10.7 Å². The molecule has 0 atom stereocenters. The number of alkyl carbamates (subject to hydrolysis) is 1. The molecular formula is C13H15N3O4. The van der Waals surface area contributed by atoms with E-state index in [9.17, 15) is 4.79 Å². The van der Waals surface area contributed by atoms with Crippen molar-refractivity contribution in [3.63, 3.8) is 0 Å². The molecule has 1 aromatic carbocycles. The van der Waals surface area contributed by atoms with Gasteiger partial charge >= 0.3 is 6.09 Å². The predicted octanol–water partition coefficient (Wildman–Crippen LogP) is 1.41. The van der Waals surface area contributed by atoms with Crippen molar-refractivity contribution < 1.29 is 19.1 Å². The molecular weight excluding hydrogens is 262 g/mol. The van der Waals surface area contributed by atoms with E-state index in [1.54, 1.807) is 18.2 Å². The number of aliphatic hydroxyl groups excluding tert-OH is 1. The minimum atomic E-state index is -0.763. The molecule has 1 aromatic heterocycles. The van der Waals surface area contributed by atoms with Crippen LogP contribution in [0.25, 0.3) is 11.0 Å². The van der Waals surface area contributed by atoms with Crippen molar-refractivity contribution in [3.05, 3.63) is 30.0 Å². The van der Waals surface area contributed by atoms with Crippen LogP contribution in [0.5, 0.6) is 0 Å². The number of nitrogens with one attached hydrogen (secondary N) is 1. The second-order valence-corrected chi connectivity index (χ2v) is 4.06. The van der Waals surface area contributed by atoms with Gasteiger partial charge in [0.15, 0.2) is 0 Å². The summed E-state index contributed by atoms with van der Waals surface area (Å²) in [4.78, 5) is 15.2. The lowest BCUT2D eigenvalue weighted by atomic mass is 10.2. The number of aryl methyl sites for hydroxylation is 1. The van der Waals surface area contributed by atoms with E-state index in [1.807, 2.05) is 13.0 Å². The lowest BCUT2D eigenvalue weighted by molar-refractivity contribution is 0.123. The Balaban J connectivity index is 2.09. The number of aliphatic imine (C=N–C) groups is 1. The SMILES string of the molecule is Cc1cc2cc(N=C(N)NC(=O)OCCO)ccc2o1. The summed E-state index contributed by atoms with van der Waals surface area (Å²) >= 11 is 0. The molecule has 0 aliphatic rings. The highest BCUT2D eigenvalue weighted by atomic mass is 16.6. The first-order chi connectivity index (χ1) is 9.58. The Morgan fingerprint density at radius 2 is 2.30 bits per heavy atom. The molecule has 0 radical (unpaired) electrons. The van der Waals surface area contributed by atoms with Gasteiger partial charge in [-0.25, -0.2) is 9.79 Å². The van der Waals surface area contributed by atoms with E-state index in [4.69, 9.17) is 15.3 Å². The molecule has 106 valence electrons. The summed E-state index contributed by atoms with van der Waals surface area (Å²) in [6.07, 6.45) is -0.763. The molecule has 0 spiro atoms. The standard InChI is InChI=1S/C13H15N3O4/c1-8-6-9-7-10(2-3-11(9)20-8)15-12(14)16-13(18)19-5-4-17/h2-3,6-7,17H,4-5H2,1H3,(H3,14,15,16,18). The first-order valence-corrected chi connectivity index (χ1v) is 5.97. The van der Waals surface area contributed by atoms with Crippen LogP contribution in [-0.2, 0) is 4.74 Å².